The molecule has 0 heteroatoms. The molecule has 0 heterocycles. The number of hydrogen-bond acceptors (Lipinski definition) is 0. The lowest BCUT2D eigenvalue weighted by Crippen LogP contribution is -1.70. The first-order chi connectivity index (χ1) is 15.0. The molecule has 0 saturated carbocycles. The summed E-state index contributed by atoms with van der Waals surface area (Å²) in [7, 11) is 0. The summed E-state index contributed by atoms with van der Waals surface area (Å²) < 4.78 is 0. The van der Waals surface area contributed by atoms with Gasteiger partial charge in [-0.3, -0.25) is 0 Å². The molecule has 0 saturated heterocycles. The average Bonchev–Trinajstić information content (AvgIpc) is 2.75. The van der Waals surface area contributed by atoms with Crippen molar-refractivity contribution in [3.05, 3.63) is 170 Å². The van der Waals surface area contributed by atoms with Crippen LogP contribution in [0.1, 0.15) is 0 Å². The van der Waals surface area contributed by atoms with E-state index in [4.69, 9.17) is 0 Å². The first kappa shape index (κ1) is 22.4. The van der Waals surface area contributed by atoms with E-state index in [1.165, 1.54) is 0 Å². The molecule has 0 radical (unpaired) electrons. The lowest BCUT2D eigenvalue weighted by Gasteiger charge is -1.95. The molecule has 0 aromatic carbocycles. The molecule has 0 aliphatic heterocycles. The van der Waals surface area contributed by atoms with Gasteiger partial charge in [0, 0.05) is 0 Å². The van der Waals surface area contributed by atoms with E-state index in [2.05, 4.69) is 48.5 Å². The van der Waals surface area contributed by atoms with Crippen LogP contribution in [-0.2, 0) is 0 Å². The lowest BCUT2D eigenvalue weighted by molar-refractivity contribution is 1.65. The van der Waals surface area contributed by atoms with Gasteiger partial charge in [-0.15, -0.1) is 0 Å². The van der Waals surface area contributed by atoms with Crippen molar-refractivity contribution < 1.29 is 0 Å². The Kier molecular flexibility index (Phi) is 12.0. The van der Waals surface area contributed by atoms with Gasteiger partial charge in [-0.2, -0.15) is 0 Å². The van der Waals surface area contributed by atoms with Crippen LogP contribution in [0.15, 0.2) is 170 Å². The van der Waals surface area contributed by atoms with Gasteiger partial charge >= 0.3 is 0 Å². The van der Waals surface area contributed by atoms with Gasteiger partial charge in [-0.05, 0) is 11.1 Å². The SMILES string of the molecule is c1cccccccc2ccccccccccccccc-2cccccc1. The fourth-order valence-electron chi connectivity index (χ4n) is 2.42. The van der Waals surface area contributed by atoms with E-state index in [1.54, 1.807) is 0 Å². The van der Waals surface area contributed by atoms with Gasteiger partial charge in [-0.1, -0.05) is 170 Å². The van der Waals surface area contributed by atoms with E-state index in [0.29, 0.717) is 0 Å². The van der Waals surface area contributed by atoms with Crippen molar-refractivity contribution >= 4 is 0 Å². The normalized spacial score (nSPS) is 8.67. The van der Waals surface area contributed by atoms with Crippen LogP contribution in [0, 0.1) is 0 Å². The van der Waals surface area contributed by atoms with Gasteiger partial charge in [-0.25, -0.2) is 0 Å². The largest absolute Gasteiger partial charge is 0.0623 e. The quantitative estimate of drug-likeness (QED) is 0.425. The maximum Gasteiger partial charge on any atom is -0.0184 e. The Morgan fingerprint density at radius 1 is 0.167 bits per heavy atom. The smallest absolute Gasteiger partial charge is 0.0184 e. The summed E-state index contributed by atoms with van der Waals surface area (Å²) in [6.07, 6.45) is 0. The maximum absolute atomic E-state index is 2.12. The predicted octanol–water partition coefficient (Wildman–Crippen LogP) is 8.41. The van der Waals surface area contributed by atoms with Crippen LogP contribution in [0.25, 0.3) is 11.1 Å². The zero-order valence-corrected chi connectivity index (χ0v) is 17.2. The first-order valence-corrected chi connectivity index (χ1v) is 10.1. The van der Waals surface area contributed by atoms with Crippen molar-refractivity contribution in [2.45, 2.75) is 0 Å². The molecule has 0 bridgehead atoms. The third-order valence-corrected chi connectivity index (χ3v) is 3.88. The Bertz CT molecular complexity index is 855. The molecule has 0 amide bonds. The highest BCUT2D eigenvalue weighted by molar-refractivity contribution is 5.61. The van der Waals surface area contributed by atoms with E-state index >= 15 is 0 Å². The van der Waals surface area contributed by atoms with Crippen molar-refractivity contribution in [1.29, 1.82) is 0 Å². The number of fused-ring (bicyclic) bond motifs is 1. The minimum atomic E-state index is 1.12. The second kappa shape index (κ2) is 16.1. The van der Waals surface area contributed by atoms with Crippen LogP contribution in [0.2, 0.25) is 0 Å². The number of hydrogen-bond donors (Lipinski definition) is 0. The molecule has 0 atom stereocenters. The summed E-state index contributed by atoms with van der Waals surface area (Å²) in [5, 5.41) is 0. The van der Waals surface area contributed by atoms with Gasteiger partial charge in [0.2, 0.25) is 0 Å². The monoisotopic (exact) mass is 388 g/mol. The standard InChI is InChI=1S/C30H28/c1-2-6-10-14-18-22-26-30-28-24-20-16-12-8-4-3-7-11-15-19-23-27-29(30)25-21-17-13-9-5-1/h1-28H. The van der Waals surface area contributed by atoms with Gasteiger partial charge in [0.15, 0.2) is 0 Å². The summed E-state index contributed by atoms with van der Waals surface area (Å²) in [5.41, 5.74) is 2.24. The van der Waals surface area contributed by atoms with E-state index in [9.17, 15) is 0 Å². The first-order valence-electron chi connectivity index (χ1n) is 10.1. The van der Waals surface area contributed by atoms with Crippen LogP contribution in [-0.4, -0.2) is 0 Å². The summed E-state index contributed by atoms with van der Waals surface area (Å²) >= 11 is 0. The van der Waals surface area contributed by atoms with Crippen LogP contribution in [0.5, 0.6) is 0 Å². The summed E-state index contributed by atoms with van der Waals surface area (Å²) in [6.45, 7) is 0. The molecular weight excluding hydrogens is 360 g/mol. The zero-order chi connectivity index (χ0) is 21.0. The molecule has 2 rings (SSSR count). The van der Waals surface area contributed by atoms with Gasteiger partial charge < -0.3 is 0 Å². The van der Waals surface area contributed by atoms with E-state index in [-0.39, 0.29) is 0 Å². The molecule has 2 aliphatic rings. The molecule has 30 heavy (non-hydrogen) atoms. The molecule has 148 valence electrons. The van der Waals surface area contributed by atoms with E-state index in [1.807, 2.05) is 121 Å². The Morgan fingerprint density at radius 2 is 0.300 bits per heavy atom. The van der Waals surface area contributed by atoms with Crippen LogP contribution in [0.4, 0.5) is 0 Å². The fraction of sp³-hybridized carbons (Fsp3) is 0. The summed E-state index contributed by atoms with van der Waals surface area (Å²) in [6, 6.07) is 57.1. The van der Waals surface area contributed by atoms with Crippen LogP contribution < -0.4 is 0 Å². The molecule has 0 aromatic rings. The van der Waals surface area contributed by atoms with Crippen molar-refractivity contribution in [2.24, 2.45) is 0 Å². The van der Waals surface area contributed by atoms with Crippen molar-refractivity contribution in [3.63, 3.8) is 0 Å². The van der Waals surface area contributed by atoms with Gasteiger partial charge in [0.1, 0.15) is 0 Å². The Labute approximate surface area is 181 Å². The Morgan fingerprint density at radius 3 is 0.467 bits per heavy atom. The zero-order valence-electron chi connectivity index (χ0n) is 17.2. The molecule has 0 unspecified atom stereocenters. The minimum absolute atomic E-state index is 1.12. The second-order valence-corrected chi connectivity index (χ2v) is 6.20. The van der Waals surface area contributed by atoms with Gasteiger partial charge in [0.05, 0.1) is 0 Å². The summed E-state index contributed by atoms with van der Waals surface area (Å²) in [5.74, 6) is 0. The van der Waals surface area contributed by atoms with Crippen LogP contribution >= 0.6 is 0 Å². The maximum atomic E-state index is 2.12. The van der Waals surface area contributed by atoms with E-state index in [0.717, 1.165) is 11.1 Å². The molecule has 0 spiro atoms. The summed E-state index contributed by atoms with van der Waals surface area (Å²) in [4.78, 5) is 0. The second-order valence-electron chi connectivity index (χ2n) is 6.20. The third-order valence-electron chi connectivity index (χ3n) is 3.88. The molecule has 0 N–H and O–H groups in total. The minimum Gasteiger partial charge on any atom is -0.0623 e. The highest BCUT2D eigenvalue weighted by Crippen LogP contribution is 2.14. The lowest BCUT2D eigenvalue weighted by atomic mass is 10.1. The molecular formula is C30H28. The highest BCUT2D eigenvalue weighted by atomic mass is 13.9. The third kappa shape index (κ3) is 11.1. The average molecular weight is 389 g/mol. The molecule has 0 aromatic heterocycles. The van der Waals surface area contributed by atoms with Crippen molar-refractivity contribution in [1.82, 2.24) is 0 Å². The van der Waals surface area contributed by atoms with Crippen LogP contribution in [0.3, 0.4) is 0 Å². The van der Waals surface area contributed by atoms with Crippen molar-refractivity contribution in [2.75, 3.05) is 0 Å². The molecule has 0 fully saturated rings. The molecule has 2 aliphatic carbocycles. The molecule has 0 nitrogen and oxygen atoms in total. The van der Waals surface area contributed by atoms with Crippen molar-refractivity contribution in [3.8, 4) is 11.1 Å². The fourth-order valence-corrected chi connectivity index (χ4v) is 2.42. The highest BCUT2D eigenvalue weighted by Gasteiger charge is 1.89. The van der Waals surface area contributed by atoms with Gasteiger partial charge in [0.25, 0.3) is 0 Å². The van der Waals surface area contributed by atoms with E-state index < -0.39 is 0 Å². The predicted molar refractivity (Wildman–Crippen MR) is 131 cm³/mol. The Balaban J connectivity index is 2.71. The number of rotatable bonds is 0. The topological polar surface area (TPSA) is 0 Å². The Hall–Kier alpha value is -3.90.